The number of unbranched alkanes of at least 4 members (excludes halogenated alkanes) is 2. The highest BCUT2D eigenvalue weighted by Crippen LogP contribution is 2.14. The average Bonchev–Trinajstić information content (AvgIpc) is 2.29. The normalized spacial score (nSPS) is 14.1. The number of esters is 1. The largest absolute Gasteiger partial charge is 0.479 e. The van der Waals surface area contributed by atoms with Gasteiger partial charge in [-0.05, 0) is 32.2 Å². The standard InChI is InChI=1S/C11H22N2O4/c1-2-3-8-17-10(16)11(13,9(14)15)6-4-5-7-12/h2-8,12-13H2,1H3,(H,14,15)/t11-/m0/s1. The lowest BCUT2D eigenvalue weighted by atomic mass is 9.94. The molecule has 6 heteroatoms. The summed E-state index contributed by atoms with van der Waals surface area (Å²) < 4.78 is 4.86. The predicted molar refractivity (Wildman–Crippen MR) is 63.3 cm³/mol. The molecule has 0 fully saturated rings. The molecule has 0 saturated carbocycles. The van der Waals surface area contributed by atoms with Crippen LogP contribution in [0.4, 0.5) is 0 Å². The van der Waals surface area contributed by atoms with Crippen molar-refractivity contribution in [3.8, 4) is 0 Å². The van der Waals surface area contributed by atoms with Crippen LogP contribution in [0, 0.1) is 0 Å². The topological polar surface area (TPSA) is 116 Å². The summed E-state index contributed by atoms with van der Waals surface area (Å²) in [5.41, 5.74) is 8.95. The Hall–Kier alpha value is -1.14. The number of carbonyl (C=O) groups excluding carboxylic acids is 1. The van der Waals surface area contributed by atoms with Gasteiger partial charge in [0.05, 0.1) is 6.61 Å². The Morgan fingerprint density at radius 2 is 1.94 bits per heavy atom. The van der Waals surface area contributed by atoms with E-state index < -0.39 is 17.5 Å². The molecular weight excluding hydrogens is 224 g/mol. The van der Waals surface area contributed by atoms with Crippen molar-refractivity contribution in [1.82, 2.24) is 0 Å². The van der Waals surface area contributed by atoms with Crippen molar-refractivity contribution >= 4 is 11.9 Å². The fourth-order valence-corrected chi connectivity index (χ4v) is 1.28. The van der Waals surface area contributed by atoms with E-state index in [9.17, 15) is 9.59 Å². The highest BCUT2D eigenvalue weighted by molar-refractivity contribution is 6.03. The molecule has 0 spiro atoms. The molecule has 100 valence electrons. The van der Waals surface area contributed by atoms with Crippen molar-refractivity contribution in [1.29, 1.82) is 0 Å². The van der Waals surface area contributed by atoms with Crippen LogP contribution in [-0.4, -0.2) is 35.7 Å². The number of carboxylic acids is 1. The number of hydrogen-bond acceptors (Lipinski definition) is 5. The van der Waals surface area contributed by atoms with Crippen LogP contribution in [0.2, 0.25) is 0 Å². The summed E-state index contributed by atoms with van der Waals surface area (Å²) in [6, 6.07) is 0. The maximum Gasteiger partial charge on any atom is 0.337 e. The number of aliphatic carboxylic acids is 1. The third-order valence-electron chi connectivity index (χ3n) is 2.50. The Kier molecular flexibility index (Phi) is 7.49. The molecule has 17 heavy (non-hydrogen) atoms. The second-order valence-corrected chi connectivity index (χ2v) is 4.01. The molecule has 5 N–H and O–H groups in total. The molecule has 0 rings (SSSR count). The molecule has 0 aromatic heterocycles. The van der Waals surface area contributed by atoms with Gasteiger partial charge >= 0.3 is 11.9 Å². The number of nitrogens with two attached hydrogens (primary N) is 2. The van der Waals surface area contributed by atoms with Crippen LogP contribution in [0.1, 0.15) is 39.0 Å². The van der Waals surface area contributed by atoms with Gasteiger partial charge in [-0.1, -0.05) is 13.3 Å². The summed E-state index contributed by atoms with van der Waals surface area (Å²) in [6.45, 7) is 2.60. The number of carbonyl (C=O) groups is 2. The molecule has 0 aromatic carbocycles. The average molecular weight is 246 g/mol. The first-order valence-electron chi connectivity index (χ1n) is 5.88. The van der Waals surface area contributed by atoms with Crippen LogP contribution >= 0.6 is 0 Å². The molecule has 0 heterocycles. The summed E-state index contributed by atoms with van der Waals surface area (Å²) >= 11 is 0. The summed E-state index contributed by atoms with van der Waals surface area (Å²) in [6.07, 6.45) is 2.73. The van der Waals surface area contributed by atoms with E-state index in [-0.39, 0.29) is 13.0 Å². The quantitative estimate of drug-likeness (QED) is 0.305. The Balaban J connectivity index is 4.36. The van der Waals surface area contributed by atoms with E-state index in [0.29, 0.717) is 25.8 Å². The van der Waals surface area contributed by atoms with Crippen LogP contribution in [0.3, 0.4) is 0 Å². The van der Waals surface area contributed by atoms with Gasteiger partial charge in [-0.2, -0.15) is 0 Å². The summed E-state index contributed by atoms with van der Waals surface area (Å²) in [7, 11) is 0. The van der Waals surface area contributed by atoms with E-state index in [2.05, 4.69) is 0 Å². The van der Waals surface area contributed by atoms with Crippen molar-refractivity contribution in [3.05, 3.63) is 0 Å². The van der Waals surface area contributed by atoms with Gasteiger partial charge in [-0.3, -0.25) is 0 Å². The molecule has 0 unspecified atom stereocenters. The van der Waals surface area contributed by atoms with Gasteiger partial charge in [0.25, 0.3) is 0 Å². The number of rotatable bonds is 9. The van der Waals surface area contributed by atoms with E-state index in [1.807, 2.05) is 6.92 Å². The van der Waals surface area contributed by atoms with Crippen LogP contribution in [0.15, 0.2) is 0 Å². The first kappa shape index (κ1) is 15.9. The molecule has 0 bridgehead atoms. The van der Waals surface area contributed by atoms with E-state index in [1.165, 1.54) is 0 Å². The molecule has 0 amide bonds. The number of hydrogen-bond donors (Lipinski definition) is 3. The highest BCUT2D eigenvalue weighted by atomic mass is 16.5. The molecule has 0 aliphatic heterocycles. The molecule has 0 aliphatic carbocycles. The fourth-order valence-electron chi connectivity index (χ4n) is 1.28. The summed E-state index contributed by atoms with van der Waals surface area (Å²) in [5.74, 6) is -2.22. The second-order valence-electron chi connectivity index (χ2n) is 4.01. The number of carboxylic acid groups (broad SMARTS) is 1. The second kappa shape index (κ2) is 8.03. The van der Waals surface area contributed by atoms with Crippen LogP contribution in [0.5, 0.6) is 0 Å². The third-order valence-corrected chi connectivity index (χ3v) is 2.50. The van der Waals surface area contributed by atoms with E-state index in [0.717, 1.165) is 6.42 Å². The van der Waals surface area contributed by atoms with Gasteiger partial charge in [0.2, 0.25) is 5.54 Å². The van der Waals surface area contributed by atoms with E-state index >= 15 is 0 Å². The lowest BCUT2D eigenvalue weighted by Crippen LogP contribution is -2.55. The Bertz CT molecular complexity index is 258. The minimum Gasteiger partial charge on any atom is -0.479 e. The maximum absolute atomic E-state index is 11.6. The zero-order valence-electron chi connectivity index (χ0n) is 10.3. The molecule has 0 aromatic rings. The lowest BCUT2D eigenvalue weighted by Gasteiger charge is -2.22. The zero-order valence-corrected chi connectivity index (χ0v) is 10.3. The van der Waals surface area contributed by atoms with E-state index in [4.69, 9.17) is 21.3 Å². The zero-order chi connectivity index (χ0) is 13.3. The minimum atomic E-state index is -1.94. The lowest BCUT2D eigenvalue weighted by molar-refractivity contribution is -0.161. The van der Waals surface area contributed by atoms with Crippen molar-refractivity contribution in [3.63, 3.8) is 0 Å². The summed E-state index contributed by atoms with van der Waals surface area (Å²) in [4.78, 5) is 22.6. The maximum atomic E-state index is 11.6. The summed E-state index contributed by atoms with van der Waals surface area (Å²) in [5, 5.41) is 9.00. The smallest absolute Gasteiger partial charge is 0.337 e. The molecule has 0 saturated heterocycles. The van der Waals surface area contributed by atoms with Gasteiger partial charge in [0, 0.05) is 0 Å². The predicted octanol–water partition coefficient (Wildman–Crippen LogP) is 0.241. The van der Waals surface area contributed by atoms with Crippen molar-refractivity contribution < 1.29 is 19.4 Å². The highest BCUT2D eigenvalue weighted by Gasteiger charge is 2.43. The van der Waals surface area contributed by atoms with Gasteiger partial charge in [0.15, 0.2) is 0 Å². The van der Waals surface area contributed by atoms with Gasteiger partial charge < -0.3 is 21.3 Å². The van der Waals surface area contributed by atoms with Crippen LogP contribution in [-0.2, 0) is 14.3 Å². The SMILES string of the molecule is CCCCOC(=O)[C@](N)(CCCCN)C(=O)O. The van der Waals surface area contributed by atoms with E-state index in [1.54, 1.807) is 0 Å². The van der Waals surface area contributed by atoms with Gasteiger partial charge in [0.1, 0.15) is 0 Å². The van der Waals surface area contributed by atoms with Crippen molar-refractivity contribution in [2.24, 2.45) is 11.5 Å². The van der Waals surface area contributed by atoms with Crippen LogP contribution < -0.4 is 11.5 Å². The molecule has 6 nitrogen and oxygen atoms in total. The molecule has 1 atom stereocenters. The number of ether oxygens (including phenoxy) is 1. The third kappa shape index (κ3) is 5.14. The molecule has 0 radical (unpaired) electrons. The van der Waals surface area contributed by atoms with Crippen molar-refractivity contribution in [2.45, 2.75) is 44.6 Å². The molecular formula is C11H22N2O4. The van der Waals surface area contributed by atoms with Gasteiger partial charge in [-0.25, -0.2) is 9.59 Å². The first-order chi connectivity index (χ1) is 7.99. The molecule has 0 aliphatic rings. The first-order valence-corrected chi connectivity index (χ1v) is 5.88. The fraction of sp³-hybridized carbons (Fsp3) is 0.818. The van der Waals surface area contributed by atoms with Gasteiger partial charge in [-0.15, -0.1) is 0 Å². The Labute approximate surface area is 101 Å². The Morgan fingerprint density at radius 3 is 2.41 bits per heavy atom. The monoisotopic (exact) mass is 246 g/mol. The van der Waals surface area contributed by atoms with Crippen molar-refractivity contribution in [2.75, 3.05) is 13.2 Å². The Morgan fingerprint density at radius 1 is 1.29 bits per heavy atom. The minimum absolute atomic E-state index is 0.0461. The van der Waals surface area contributed by atoms with Crippen LogP contribution in [0.25, 0.3) is 0 Å².